The summed E-state index contributed by atoms with van der Waals surface area (Å²) in [5.41, 5.74) is 4.02. The molecule has 4 heteroatoms. The zero-order chi connectivity index (χ0) is 17.4. The minimum absolute atomic E-state index is 0.127. The number of nitriles is 1. The van der Waals surface area contributed by atoms with Crippen molar-refractivity contribution in [3.8, 4) is 17.6 Å². The van der Waals surface area contributed by atoms with Gasteiger partial charge in [0.25, 0.3) is 0 Å². The summed E-state index contributed by atoms with van der Waals surface area (Å²) in [5.74, 6) is 2.21. The first-order chi connectivity index (χ1) is 12.3. The van der Waals surface area contributed by atoms with Crippen molar-refractivity contribution in [1.82, 2.24) is 0 Å². The summed E-state index contributed by atoms with van der Waals surface area (Å²) in [6.07, 6.45) is 5.55. The molecule has 1 N–H and O–H groups in total. The summed E-state index contributed by atoms with van der Waals surface area (Å²) in [4.78, 5) is 0. The molecule has 3 unspecified atom stereocenters. The lowest BCUT2D eigenvalue weighted by Crippen LogP contribution is -2.29. The van der Waals surface area contributed by atoms with Gasteiger partial charge < -0.3 is 14.8 Å². The summed E-state index contributed by atoms with van der Waals surface area (Å²) in [6.45, 7) is 0. The molecule has 25 heavy (non-hydrogen) atoms. The third-order valence-corrected chi connectivity index (χ3v) is 5.28. The normalized spacial score (nSPS) is 23.2. The van der Waals surface area contributed by atoms with Crippen LogP contribution in [-0.2, 0) is 0 Å². The number of fused-ring (bicyclic) bond motifs is 3. The van der Waals surface area contributed by atoms with Gasteiger partial charge in [-0.15, -0.1) is 0 Å². The minimum atomic E-state index is 0.127. The number of rotatable bonds is 3. The molecule has 2 aliphatic rings. The monoisotopic (exact) mass is 332 g/mol. The van der Waals surface area contributed by atoms with Gasteiger partial charge in [0.05, 0.1) is 31.5 Å². The van der Waals surface area contributed by atoms with Gasteiger partial charge >= 0.3 is 0 Å². The van der Waals surface area contributed by atoms with Crippen LogP contribution in [0, 0.1) is 17.2 Å². The number of anilines is 1. The summed E-state index contributed by atoms with van der Waals surface area (Å²) >= 11 is 0. The van der Waals surface area contributed by atoms with E-state index < -0.39 is 0 Å². The number of hydrogen-bond donors (Lipinski definition) is 1. The van der Waals surface area contributed by atoms with Crippen molar-refractivity contribution >= 4 is 5.69 Å². The van der Waals surface area contributed by atoms with E-state index in [-0.39, 0.29) is 6.04 Å². The van der Waals surface area contributed by atoms with E-state index in [2.05, 4.69) is 35.7 Å². The van der Waals surface area contributed by atoms with Crippen LogP contribution in [0.5, 0.6) is 11.5 Å². The number of hydrogen-bond acceptors (Lipinski definition) is 4. The number of benzene rings is 2. The third kappa shape index (κ3) is 2.44. The lowest BCUT2D eigenvalue weighted by Gasteiger charge is -2.38. The molecule has 3 atom stereocenters. The van der Waals surface area contributed by atoms with E-state index in [1.807, 2.05) is 24.3 Å². The molecule has 1 aliphatic carbocycles. The molecule has 2 aromatic rings. The van der Waals surface area contributed by atoms with Crippen molar-refractivity contribution in [2.45, 2.75) is 18.4 Å². The molecule has 0 radical (unpaired) electrons. The van der Waals surface area contributed by atoms with Crippen LogP contribution in [0.15, 0.2) is 48.6 Å². The molecule has 1 aliphatic heterocycles. The van der Waals surface area contributed by atoms with E-state index in [9.17, 15) is 5.26 Å². The van der Waals surface area contributed by atoms with Gasteiger partial charge in [-0.2, -0.15) is 5.26 Å². The number of ether oxygens (including phenoxy) is 2. The van der Waals surface area contributed by atoms with Crippen molar-refractivity contribution < 1.29 is 9.47 Å². The molecule has 0 fully saturated rings. The van der Waals surface area contributed by atoms with Crippen molar-refractivity contribution in [1.29, 1.82) is 5.26 Å². The van der Waals surface area contributed by atoms with E-state index in [0.717, 1.165) is 29.2 Å². The number of nitrogens with one attached hydrogen (secondary N) is 1. The largest absolute Gasteiger partial charge is 0.493 e. The Labute approximate surface area is 147 Å². The van der Waals surface area contributed by atoms with Gasteiger partial charge in [0, 0.05) is 5.92 Å². The highest BCUT2D eigenvalue weighted by Gasteiger charge is 2.38. The molecular formula is C21H20N2O2. The van der Waals surface area contributed by atoms with E-state index in [1.165, 1.54) is 5.56 Å². The smallest absolute Gasteiger partial charge is 0.161 e. The Bertz CT molecular complexity index is 882. The minimum Gasteiger partial charge on any atom is -0.493 e. The van der Waals surface area contributed by atoms with Crippen molar-refractivity contribution in [3.63, 3.8) is 0 Å². The Balaban J connectivity index is 1.80. The molecular weight excluding hydrogens is 312 g/mol. The van der Waals surface area contributed by atoms with Crippen molar-refractivity contribution in [3.05, 3.63) is 65.2 Å². The SMILES string of the molecule is COc1ccc(C2Nc3c(C#N)cccc3C3C=CCC32)cc1OC. The number of nitrogens with zero attached hydrogens (tertiary/aromatic N) is 1. The van der Waals surface area contributed by atoms with Gasteiger partial charge in [0.1, 0.15) is 6.07 Å². The van der Waals surface area contributed by atoms with Crippen molar-refractivity contribution in [2.75, 3.05) is 19.5 Å². The molecule has 126 valence electrons. The highest BCUT2D eigenvalue weighted by molar-refractivity contribution is 5.68. The van der Waals surface area contributed by atoms with Crippen LogP contribution in [0.1, 0.15) is 35.1 Å². The van der Waals surface area contributed by atoms with Gasteiger partial charge in [-0.3, -0.25) is 0 Å². The fourth-order valence-electron chi connectivity index (χ4n) is 4.09. The standard InChI is InChI=1S/C21H20N2O2/c1-24-18-10-9-13(11-19(18)25-2)20-16-8-4-6-15(16)17-7-3-5-14(12-22)21(17)23-20/h3-7,9-11,15-16,20,23H,8H2,1-2H3. The summed E-state index contributed by atoms with van der Waals surface area (Å²) in [7, 11) is 3.29. The van der Waals surface area contributed by atoms with Crippen LogP contribution in [0.3, 0.4) is 0 Å². The molecule has 4 nitrogen and oxygen atoms in total. The Morgan fingerprint density at radius 2 is 1.96 bits per heavy atom. The molecule has 4 rings (SSSR count). The average molecular weight is 332 g/mol. The van der Waals surface area contributed by atoms with Crippen LogP contribution < -0.4 is 14.8 Å². The second-order valence-electron chi connectivity index (χ2n) is 6.47. The highest BCUT2D eigenvalue weighted by Crippen LogP contribution is 2.51. The first-order valence-electron chi connectivity index (χ1n) is 8.45. The fraction of sp³-hybridized carbons (Fsp3) is 0.286. The fourth-order valence-corrected chi connectivity index (χ4v) is 4.09. The molecule has 0 spiro atoms. The van der Waals surface area contributed by atoms with E-state index in [4.69, 9.17) is 9.47 Å². The molecule has 0 aromatic heterocycles. The van der Waals surface area contributed by atoms with Gasteiger partial charge in [0.15, 0.2) is 11.5 Å². The lowest BCUT2D eigenvalue weighted by atomic mass is 9.76. The van der Waals surface area contributed by atoms with Gasteiger partial charge in [0.2, 0.25) is 0 Å². The van der Waals surface area contributed by atoms with Gasteiger partial charge in [-0.25, -0.2) is 0 Å². The number of methoxy groups -OCH3 is 2. The number of allylic oxidation sites excluding steroid dienone is 2. The zero-order valence-electron chi connectivity index (χ0n) is 14.3. The van der Waals surface area contributed by atoms with Crippen LogP contribution in [0.4, 0.5) is 5.69 Å². The lowest BCUT2D eigenvalue weighted by molar-refractivity contribution is 0.353. The molecule has 1 heterocycles. The second-order valence-corrected chi connectivity index (χ2v) is 6.47. The van der Waals surface area contributed by atoms with Crippen LogP contribution in [0.2, 0.25) is 0 Å². The number of para-hydroxylation sites is 1. The first kappa shape index (κ1) is 15.6. The van der Waals surface area contributed by atoms with E-state index in [0.29, 0.717) is 17.4 Å². The quantitative estimate of drug-likeness (QED) is 0.846. The zero-order valence-corrected chi connectivity index (χ0v) is 14.3. The Kier molecular flexibility index (Phi) is 3.85. The maximum Gasteiger partial charge on any atom is 0.161 e. The predicted molar refractivity (Wildman–Crippen MR) is 97.1 cm³/mol. The maximum absolute atomic E-state index is 9.50. The highest BCUT2D eigenvalue weighted by atomic mass is 16.5. The van der Waals surface area contributed by atoms with Crippen LogP contribution in [0.25, 0.3) is 0 Å². The van der Waals surface area contributed by atoms with Crippen LogP contribution in [-0.4, -0.2) is 14.2 Å². The Morgan fingerprint density at radius 3 is 2.72 bits per heavy atom. The van der Waals surface area contributed by atoms with Gasteiger partial charge in [-0.1, -0.05) is 30.4 Å². The second kappa shape index (κ2) is 6.18. The third-order valence-electron chi connectivity index (χ3n) is 5.28. The first-order valence-corrected chi connectivity index (χ1v) is 8.45. The molecule has 0 bridgehead atoms. The average Bonchev–Trinajstić information content (AvgIpc) is 3.16. The van der Waals surface area contributed by atoms with Crippen molar-refractivity contribution in [2.24, 2.45) is 5.92 Å². The maximum atomic E-state index is 9.50. The Morgan fingerprint density at radius 1 is 1.12 bits per heavy atom. The summed E-state index contributed by atoms with van der Waals surface area (Å²) in [6, 6.07) is 14.5. The molecule has 0 saturated carbocycles. The van der Waals surface area contributed by atoms with E-state index in [1.54, 1.807) is 14.2 Å². The summed E-state index contributed by atoms with van der Waals surface area (Å²) < 4.78 is 10.8. The molecule has 0 saturated heterocycles. The van der Waals surface area contributed by atoms with Crippen LogP contribution >= 0.6 is 0 Å². The molecule has 2 aromatic carbocycles. The predicted octanol–water partition coefficient (Wildman–Crippen LogP) is 4.40. The van der Waals surface area contributed by atoms with E-state index >= 15 is 0 Å². The van der Waals surface area contributed by atoms with Gasteiger partial charge in [-0.05, 0) is 41.7 Å². The summed E-state index contributed by atoms with van der Waals surface area (Å²) in [5, 5.41) is 13.1. The molecule has 0 amide bonds. The Hall–Kier alpha value is -2.93. The topological polar surface area (TPSA) is 54.3 Å².